The molecule has 0 spiro atoms. The first-order chi connectivity index (χ1) is 14.4. The average Bonchev–Trinajstić information content (AvgIpc) is 2.78. The van der Waals surface area contributed by atoms with Crippen molar-refractivity contribution in [3.63, 3.8) is 0 Å². The highest BCUT2D eigenvalue weighted by atomic mass is 32.2. The number of urea groups is 1. The van der Waals surface area contributed by atoms with Crippen LogP contribution < -0.4 is 10.1 Å². The summed E-state index contributed by atoms with van der Waals surface area (Å²) in [7, 11) is -0.278. The summed E-state index contributed by atoms with van der Waals surface area (Å²) in [4.78, 5) is 14.4. The van der Waals surface area contributed by atoms with Gasteiger partial charge in [-0.25, -0.2) is 13.2 Å². The van der Waals surface area contributed by atoms with Gasteiger partial charge in [-0.2, -0.15) is 4.31 Å². The van der Waals surface area contributed by atoms with Crippen molar-refractivity contribution in [2.75, 3.05) is 27.2 Å². The van der Waals surface area contributed by atoms with Crippen molar-refractivity contribution in [2.24, 2.45) is 0 Å². The van der Waals surface area contributed by atoms with Crippen LogP contribution in [0.5, 0.6) is 5.75 Å². The van der Waals surface area contributed by atoms with Gasteiger partial charge in [-0.3, -0.25) is 0 Å². The molecule has 1 saturated heterocycles. The van der Waals surface area contributed by atoms with Crippen molar-refractivity contribution < 1.29 is 17.9 Å². The SMILES string of the molecule is COc1ccccc1CN(C)C(=O)NCc1ccccc1S(=O)(=O)N1CCCCC1. The highest BCUT2D eigenvalue weighted by molar-refractivity contribution is 7.89. The molecule has 1 N–H and O–H groups in total. The standard InChI is InChI=1S/C22H29N3O4S/c1-24(17-19-11-4-6-12-20(19)29-2)22(26)23-16-18-10-5-7-13-21(18)30(27,28)25-14-8-3-9-15-25/h4-7,10-13H,3,8-9,14-17H2,1-2H3,(H,23,26). The van der Waals surface area contributed by atoms with Crippen LogP contribution >= 0.6 is 0 Å². The van der Waals surface area contributed by atoms with Crippen molar-refractivity contribution in [1.29, 1.82) is 0 Å². The zero-order chi connectivity index (χ0) is 21.6. The molecule has 8 heteroatoms. The number of hydrogen-bond acceptors (Lipinski definition) is 4. The lowest BCUT2D eigenvalue weighted by molar-refractivity contribution is 0.206. The monoisotopic (exact) mass is 431 g/mol. The van der Waals surface area contributed by atoms with Gasteiger partial charge in [0.25, 0.3) is 0 Å². The van der Waals surface area contributed by atoms with Crippen molar-refractivity contribution >= 4 is 16.1 Å². The molecule has 0 atom stereocenters. The number of hydrogen-bond donors (Lipinski definition) is 1. The quantitative estimate of drug-likeness (QED) is 0.730. The third-order valence-electron chi connectivity index (χ3n) is 5.28. The zero-order valence-corrected chi connectivity index (χ0v) is 18.3. The smallest absolute Gasteiger partial charge is 0.317 e. The van der Waals surface area contributed by atoms with Crippen LogP contribution in [-0.2, 0) is 23.1 Å². The third kappa shape index (κ3) is 5.12. The maximum atomic E-state index is 13.1. The number of nitrogens with zero attached hydrogens (tertiary/aromatic N) is 2. The summed E-state index contributed by atoms with van der Waals surface area (Å²) in [6, 6.07) is 14.1. The van der Waals surface area contributed by atoms with Gasteiger partial charge in [-0.15, -0.1) is 0 Å². The third-order valence-corrected chi connectivity index (χ3v) is 7.28. The molecule has 3 rings (SSSR count). The summed E-state index contributed by atoms with van der Waals surface area (Å²) < 4.78 is 33.1. The minimum atomic E-state index is -3.57. The topological polar surface area (TPSA) is 79.0 Å². The lowest BCUT2D eigenvalue weighted by Crippen LogP contribution is -2.38. The second-order valence-electron chi connectivity index (χ2n) is 7.40. The molecule has 0 aromatic heterocycles. The Kier molecular flexibility index (Phi) is 7.33. The van der Waals surface area contributed by atoms with E-state index in [1.165, 1.54) is 0 Å². The molecular weight excluding hydrogens is 402 g/mol. The van der Waals surface area contributed by atoms with E-state index in [-0.39, 0.29) is 17.5 Å². The number of ether oxygens (including phenoxy) is 1. The van der Waals surface area contributed by atoms with Gasteiger partial charge < -0.3 is 15.0 Å². The van der Waals surface area contributed by atoms with E-state index in [4.69, 9.17) is 4.74 Å². The van der Waals surface area contributed by atoms with Crippen molar-refractivity contribution in [1.82, 2.24) is 14.5 Å². The largest absolute Gasteiger partial charge is 0.496 e. The number of benzene rings is 2. The van der Waals surface area contributed by atoms with Crippen LogP contribution in [0.3, 0.4) is 0 Å². The molecule has 2 aromatic carbocycles. The summed E-state index contributed by atoms with van der Waals surface area (Å²) in [5.74, 6) is 0.718. The van der Waals surface area contributed by atoms with Crippen LogP contribution in [0.2, 0.25) is 0 Å². The lowest BCUT2D eigenvalue weighted by atomic mass is 10.2. The molecule has 30 heavy (non-hydrogen) atoms. The van der Waals surface area contributed by atoms with Crippen LogP contribution in [0, 0.1) is 0 Å². The van der Waals surface area contributed by atoms with Gasteiger partial charge in [0.2, 0.25) is 10.0 Å². The Labute approximate surface area is 178 Å². The maximum Gasteiger partial charge on any atom is 0.317 e. The van der Waals surface area contributed by atoms with E-state index in [1.807, 2.05) is 24.3 Å². The number of sulfonamides is 1. The number of methoxy groups -OCH3 is 1. The molecule has 2 aromatic rings. The average molecular weight is 432 g/mol. The number of rotatable bonds is 7. The van der Waals surface area contributed by atoms with Crippen LogP contribution in [0.15, 0.2) is 53.4 Å². The number of carbonyl (C=O) groups excluding carboxylic acids is 1. The number of carbonyl (C=O) groups is 1. The zero-order valence-electron chi connectivity index (χ0n) is 17.5. The summed E-state index contributed by atoms with van der Waals surface area (Å²) in [6.45, 7) is 1.61. The van der Waals surface area contributed by atoms with Crippen LogP contribution in [0.4, 0.5) is 4.79 Å². The van der Waals surface area contributed by atoms with E-state index >= 15 is 0 Å². The van der Waals surface area contributed by atoms with Gasteiger partial charge in [-0.05, 0) is 30.5 Å². The van der Waals surface area contributed by atoms with E-state index in [1.54, 1.807) is 47.6 Å². The fourth-order valence-corrected chi connectivity index (χ4v) is 5.35. The Morgan fingerprint density at radius 3 is 2.37 bits per heavy atom. The van der Waals surface area contributed by atoms with Crippen molar-refractivity contribution in [2.45, 2.75) is 37.2 Å². The highest BCUT2D eigenvalue weighted by Crippen LogP contribution is 2.24. The van der Waals surface area contributed by atoms with E-state index < -0.39 is 10.0 Å². The van der Waals surface area contributed by atoms with Gasteiger partial charge in [0, 0.05) is 32.2 Å². The molecule has 162 valence electrons. The van der Waals surface area contributed by atoms with Crippen LogP contribution in [0.25, 0.3) is 0 Å². The summed E-state index contributed by atoms with van der Waals surface area (Å²) in [5, 5.41) is 2.84. The predicted molar refractivity (Wildman–Crippen MR) is 116 cm³/mol. The molecule has 0 radical (unpaired) electrons. The fourth-order valence-electron chi connectivity index (χ4n) is 3.61. The van der Waals surface area contributed by atoms with E-state index in [0.29, 0.717) is 25.2 Å². The first-order valence-electron chi connectivity index (χ1n) is 10.1. The van der Waals surface area contributed by atoms with Gasteiger partial charge in [0.05, 0.1) is 18.6 Å². The van der Waals surface area contributed by atoms with E-state index in [0.717, 1.165) is 30.6 Å². The second kappa shape index (κ2) is 9.95. The molecule has 1 aliphatic rings. The Morgan fingerprint density at radius 1 is 1.03 bits per heavy atom. The first-order valence-corrected chi connectivity index (χ1v) is 11.6. The molecule has 1 heterocycles. The maximum absolute atomic E-state index is 13.1. The first kappa shape index (κ1) is 22.1. The normalized spacial score (nSPS) is 14.9. The van der Waals surface area contributed by atoms with Crippen LogP contribution in [-0.4, -0.2) is 50.9 Å². The van der Waals surface area contributed by atoms with Gasteiger partial charge in [0.1, 0.15) is 5.75 Å². The summed E-state index contributed by atoms with van der Waals surface area (Å²) in [5.41, 5.74) is 1.48. The Bertz CT molecular complexity index is 972. The molecule has 0 aliphatic carbocycles. The Hall–Kier alpha value is -2.58. The number of piperidine rings is 1. The predicted octanol–water partition coefficient (Wildman–Crippen LogP) is 3.21. The Morgan fingerprint density at radius 2 is 1.67 bits per heavy atom. The summed E-state index contributed by atoms with van der Waals surface area (Å²) >= 11 is 0. The number of para-hydroxylation sites is 1. The Balaban J connectivity index is 1.68. The summed E-state index contributed by atoms with van der Waals surface area (Å²) in [6.07, 6.45) is 2.82. The van der Waals surface area contributed by atoms with Gasteiger partial charge >= 0.3 is 6.03 Å². The molecule has 0 unspecified atom stereocenters. The molecule has 1 aliphatic heterocycles. The number of nitrogens with one attached hydrogen (secondary N) is 1. The minimum Gasteiger partial charge on any atom is -0.496 e. The second-order valence-corrected chi connectivity index (χ2v) is 9.31. The molecule has 0 bridgehead atoms. The van der Waals surface area contributed by atoms with Crippen molar-refractivity contribution in [3.8, 4) is 5.75 Å². The van der Waals surface area contributed by atoms with Gasteiger partial charge in [0.15, 0.2) is 0 Å². The van der Waals surface area contributed by atoms with Crippen molar-refractivity contribution in [3.05, 3.63) is 59.7 Å². The highest BCUT2D eigenvalue weighted by Gasteiger charge is 2.28. The van der Waals surface area contributed by atoms with E-state index in [9.17, 15) is 13.2 Å². The van der Waals surface area contributed by atoms with Gasteiger partial charge in [-0.1, -0.05) is 42.8 Å². The van der Waals surface area contributed by atoms with E-state index in [2.05, 4.69) is 5.32 Å². The molecule has 1 fully saturated rings. The molecule has 7 nitrogen and oxygen atoms in total. The number of amides is 2. The molecule has 0 saturated carbocycles. The fraction of sp³-hybridized carbons (Fsp3) is 0.409. The van der Waals surface area contributed by atoms with Crippen LogP contribution in [0.1, 0.15) is 30.4 Å². The molecule has 2 amide bonds. The minimum absolute atomic E-state index is 0.137. The lowest BCUT2D eigenvalue weighted by Gasteiger charge is -2.27. The molecular formula is C22H29N3O4S.